The van der Waals surface area contributed by atoms with E-state index in [4.69, 9.17) is 0 Å². The van der Waals surface area contributed by atoms with Crippen LogP contribution < -0.4 is 15.8 Å². The number of anilines is 1. The van der Waals surface area contributed by atoms with Gasteiger partial charge in [0.05, 0.1) is 11.8 Å². The number of rotatable bonds is 3. The van der Waals surface area contributed by atoms with Gasteiger partial charge in [0.15, 0.2) is 0 Å². The molecule has 2 unspecified atom stereocenters. The molecule has 1 aliphatic carbocycles. The summed E-state index contributed by atoms with van der Waals surface area (Å²) in [5, 5.41) is 0. The van der Waals surface area contributed by atoms with Crippen LogP contribution in [0, 0.1) is 11.8 Å². The summed E-state index contributed by atoms with van der Waals surface area (Å²) in [4.78, 5) is 40.1. The number of carbonyl (C=O) groups is 3. The average Bonchev–Trinajstić information content (AvgIpc) is 3.21. The number of nitrogens with one attached hydrogen (secondary N) is 2. The normalized spacial score (nSPS) is 20.6. The van der Waals surface area contributed by atoms with Crippen molar-refractivity contribution in [1.82, 2.24) is 10.9 Å². The number of hydrazine groups is 1. The van der Waals surface area contributed by atoms with Gasteiger partial charge in [0, 0.05) is 17.8 Å². The van der Waals surface area contributed by atoms with E-state index < -0.39 is 5.92 Å². The maximum atomic E-state index is 13.3. The molecule has 0 spiro atoms. The predicted octanol–water partition coefficient (Wildman–Crippen LogP) is 2.84. The number of amides is 3. The number of para-hydroxylation sites is 1. The Labute approximate surface area is 170 Å². The minimum absolute atomic E-state index is 0.0178. The summed E-state index contributed by atoms with van der Waals surface area (Å²) in [5.74, 6) is -1.43. The summed E-state index contributed by atoms with van der Waals surface area (Å²) in [7, 11) is 0. The Morgan fingerprint density at radius 2 is 1.52 bits per heavy atom. The van der Waals surface area contributed by atoms with Gasteiger partial charge in [-0.05, 0) is 43.0 Å². The molecule has 6 nitrogen and oxygen atoms in total. The van der Waals surface area contributed by atoms with E-state index in [0.29, 0.717) is 24.9 Å². The Bertz CT molecular complexity index is 913. The first kappa shape index (κ1) is 19.2. The van der Waals surface area contributed by atoms with Gasteiger partial charge in [-0.25, -0.2) is 0 Å². The van der Waals surface area contributed by atoms with E-state index in [0.717, 1.165) is 24.9 Å². The van der Waals surface area contributed by atoms with Crippen molar-refractivity contribution in [1.29, 1.82) is 0 Å². The van der Waals surface area contributed by atoms with Crippen LogP contribution in [0.25, 0.3) is 0 Å². The zero-order valence-corrected chi connectivity index (χ0v) is 16.3. The molecule has 1 aliphatic heterocycles. The Morgan fingerprint density at radius 3 is 2.31 bits per heavy atom. The van der Waals surface area contributed by atoms with Crippen molar-refractivity contribution in [2.24, 2.45) is 11.8 Å². The molecular formula is C23H25N3O3. The van der Waals surface area contributed by atoms with Crippen LogP contribution in [-0.2, 0) is 16.0 Å². The van der Waals surface area contributed by atoms with E-state index in [9.17, 15) is 14.4 Å². The SMILES string of the molecule is O=C(NNC(=O)C1CCCCC1C(=O)N1CCc2ccccc21)c1ccccc1. The number of nitrogens with zero attached hydrogens (tertiary/aromatic N) is 1. The highest BCUT2D eigenvalue weighted by atomic mass is 16.2. The third-order valence-electron chi connectivity index (χ3n) is 5.91. The monoisotopic (exact) mass is 391 g/mol. The van der Waals surface area contributed by atoms with E-state index in [1.165, 1.54) is 5.56 Å². The van der Waals surface area contributed by atoms with Crippen LogP contribution in [0.4, 0.5) is 5.69 Å². The standard InChI is InChI=1S/C23H25N3O3/c27-21(17-9-2-1-3-10-17)24-25-22(28)18-11-5-6-12-19(18)23(29)26-15-14-16-8-4-7-13-20(16)26/h1-4,7-10,13,18-19H,5-6,11-12,14-15H2,(H,24,27)(H,25,28). The lowest BCUT2D eigenvalue weighted by Gasteiger charge is -2.32. The molecule has 1 heterocycles. The second-order valence-electron chi connectivity index (χ2n) is 7.68. The third-order valence-corrected chi connectivity index (χ3v) is 5.91. The topological polar surface area (TPSA) is 78.5 Å². The molecule has 0 bridgehead atoms. The second kappa shape index (κ2) is 8.47. The molecule has 1 saturated carbocycles. The summed E-state index contributed by atoms with van der Waals surface area (Å²) in [5.41, 5.74) is 7.62. The Kier molecular flexibility index (Phi) is 5.60. The minimum atomic E-state index is -0.430. The van der Waals surface area contributed by atoms with Crippen molar-refractivity contribution in [3.63, 3.8) is 0 Å². The van der Waals surface area contributed by atoms with Crippen molar-refractivity contribution in [2.75, 3.05) is 11.4 Å². The highest BCUT2D eigenvalue weighted by Gasteiger charge is 2.39. The van der Waals surface area contributed by atoms with E-state index in [1.54, 1.807) is 24.3 Å². The van der Waals surface area contributed by atoms with Crippen LogP contribution >= 0.6 is 0 Å². The minimum Gasteiger partial charge on any atom is -0.312 e. The fourth-order valence-corrected chi connectivity index (χ4v) is 4.38. The molecule has 2 atom stereocenters. The summed E-state index contributed by atoms with van der Waals surface area (Å²) >= 11 is 0. The highest BCUT2D eigenvalue weighted by Crippen LogP contribution is 2.35. The van der Waals surface area contributed by atoms with Crippen LogP contribution in [-0.4, -0.2) is 24.3 Å². The van der Waals surface area contributed by atoms with Crippen molar-refractivity contribution < 1.29 is 14.4 Å². The van der Waals surface area contributed by atoms with Crippen molar-refractivity contribution >= 4 is 23.4 Å². The maximum Gasteiger partial charge on any atom is 0.269 e. The van der Waals surface area contributed by atoms with Gasteiger partial charge in [-0.1, -0.05) is 49.2 Å². The molecule has 0 radical (unpaired) electrons. The Morgan fingerprint density at radius 1 is 0.828 bits per heavy atom. The second-order valence-corrected chi connectivity index (χ2v) is 7.68. The third kappa shape index (κ3) is 4.01. The molecule has 0 saturated heterocycles. The first-order valence-corrected chi connectivity index (χ1v) is 10.2. The fraction of sp³-hybridized carbons (Fsp3) is 0.348. The van der Waals surface area contributed by atoms with Crippen LogP contribution in [0.1, 0.15) is 41.6 Å². The molecule has 4 rings (SSSR count). The van der Waals surface area contributed by atoms with Crippen LogP contribution in [0.2, 0.25) is 0 Å². The van der Waals surface area contributed by atoms with Crippen LogP contribution in [0.15, 0.2) is 54.6 Å². The molecule has 1 fully saturated rings. The smallest absolute Gasteiger partial charge is 0.269 e. The zero-order valence-electron chi connectivity index (χ0n) is 16.3. The van der Waals surface area contributed by atoms with Gasteiger partial charge >= 0.3 is 0 Å². The number of hydrogen-bond acceptors (Lipinski definition) is 3. The van der Waals surface area contributed by atoms with E-state index in [2.05, 4.69) is 10.9 Å². The molecule has 2 aromatic carbocycles. The van der Waals surface area contributed by atoms with Crippen molar-refractivity contribution in [2.45, 2.75) is 32.1 Å². The highest BCUT2D eigenvalue weighted by molar-refractivity contribution is 6.00. The maximum absolute atomic E-state index is 13.3. The van der Waals surface area contributed by atoms with E-state index in [-0.39, 0.29) is 23.6 Å². The van der Waals surface area contributed by atoms with Crippen LogP contribution in [0.3, 0.4) is 0 Å². The number of hydrogen-bond donors (Lipinski definition) is 2. The van der Waals surface area contributed by atoms with E-state index in [1.807, 2.05) is 35.2 Å². The first-order chi connectivity index (χ1) is 14.1. The van der Waals surface area contributed by atoms with Crippen LogP contribution in [0.5, 0.6) is 0 Å². The molecule has 2 aromatic rings. The summed E-state index contributed by atoms with van der Waals surface area (Å²) in [6, 6.07) is 16.7. The van der Waals surface area contributed by atoms with Gasteiger partial charge < -0.3 is 4.90 Å². The van der Waals surface area contributed by atoms with E-state index >= 15 is 0 Å². The van der Waals surface area contributed by atoms with Gasteiger partial charge in [0.25, 0.3) is 5.91 Å². The molecule has 2 N–H and O–H groups in total. The molecule has 29 heavy (non-hydrogen) atoms. The molecule has 150 valence electrons. The number of benzene rings is 2. The molecule has 0 aromatic heterocycles. The van der Waals surface area contributed by atoms with Gasteiger partial charge in [-0.3, -0.25) is 25.2 Å². The Hall–Kier alpha value is -3.15. The predicted molar refractivity (Wildman–Crippen MR) is 110 cm³/mol. The summed E-state index contributed by atoms with van der Waals surface area (Å²) in [6.07, 6.45) is 4.04. The van der Waals surface area contributed by atoms with Crippen molar-refractivity contribution in [3.8, 4) is 0 Å². The average molecular weight is 391 g/mol. The van der Waals surface area contributed by atoms with Gasteiger partial charge in [0.1, 0.15) is 0 Å². The van der Waals surface area contributed by atoms with Gasteiger partial charge in [0.2, 0.25) is 11.8 Å². The molecule has 2 aliphatic rings. The number of fused-ring (bicyclic) bond motifs is 1. The fourth-order valence-electron chi connectivity index (χ4n) is 4.38. The lowest BCUT2D eigenvalue weighted by Crippen LogP contribution is -2.49. The lowest BCUT2D eigenvalue weighted by molar-refractivity contribution is -0.135. The lowest BCUT2D eigenvalue weighted by atomic mass is 9.78. The zero-order chi connectivity index (χ0) is 20.2. The van der Waals surface area contributed by atoms with Gasteiger partial charge in [-0.2, -0.15) is 0 Å². The summed E-state index contributed by atoms with van der Waals surface area (Å²) < 4.78 is 0. The largest absolute Gasteiger partial charge is 0.312 e. The summed E-state index contributed by atoms with van der Waals surface area (Å²) in [6.45, 7) is 0.660. The first-order valence-electron chi connectivity index (χ1n) is 10.2. The molecule has 3 amide bonds. The molecular weight excluding hydrogens is 366 g/mol. The Balaban J connectivity index is 1.43. The van der Waals surface area contributed by atoms with Crippen molar-refractivity contribution in [3.05, 3.63) is 65.7 Å². The quantitative estimate of drug-likeness (QED) is 0.790. The number of carbonyl (C=O) groups excluding carboxylic acids is 3. The van der Waals surface area contributed by atoms with Gasteiger partial charge in [-0.15, -0.1) is 0 Å². The molecule has 6 heteroatoms.